The predicted molar refractivity (Wildman–Crippen MR) is 140 cm³/mol. The summed E-state index contributed by atoms with van der Waals surface area (Å²) in [4.78, 5) is 27.1. The Morgan fingerprint density at radius 2 is 1.58 bits per heavy atom. The van der Waals surface area contributed by atoms with Gasteiger partial charge in [0.2, 0.25) is 0 Å². The van der Waals surface area contributed by atoms with Gasteiger partial charge in [-0.2, -0.15) is 0 Å². The molecule has 3 aromatic rings. The summed E-state index contributed by atoms with van der Waals surface area (Å²) in [6, 6.07) is 23.0. The lowest BCUT2D eigenvalue weighted by Gasteiger charge is -2.31. The van der Waals surface area contributed by atoms with Gasteiger partial charge in [0.15, 0.2) is 0 Å². The summed E-state index contributed by atoms with van der Waals surface area (Å²) in [5, 5.41) is 2.27. The lowest BCUT2D eigenvalue weighted by atomic mass is 10.1. The van der Waals surface area contributed by atoms with Gasteiger partial charge in [-0.1, -0.05) is 78.4 Å². The number of carbonyl (C=O) groups is 2. The van der Waals surface area contributed by atoms with E-state index in [2.05, 4.69) is 5.32 Å². The van der Waals surface area contributed by atoms with Gasteiger partial charge in [0.25, 0.3) is 15.9 Å². The number of carbonyl (C=O) groups excluding carboxylic acids is 2. The molecule has 1 amide bonds. The minimum atomic E-state index is -4.37. The molecule has 0 spiro atoms. The van der Waals surface area contributed by atoms with Gasteiger partial charge in [-0.05, 0) is 30.2 Å². The van der Waals surface area contributed by atoms with Crippen molar-refractivity contribution in [3.05, 3.63) is 102 Å². The second-order valence-electron chi connectivity index (χ2n) is 8.46. The number of esters is 1. The highest BCUT2D eigenvalue weighted by Crippen LogP contribution is 2.27. The van der Waals surface area contributed by atoms with Crippen molar-refractivity contribution in [3.8, 4) is 0 Å². The zero-order valence-electron chi connectivity index (χ0n) is 19.9. The standard InChI is InChI=1S/C27H28N2O5S2/c1-20-12-14-23(15-13-20)36(32,33)29(26(30)25-28-16-17-35-25)24(18-21-8-4-2-5-9-21)27(31)34-19-22-10-6-3-7-11-22/h2-15,24-25,28H,16-19H2,1H3/t24-,25-/m0/s1. The van der Waals surface area contributed by atoms with Gasteiger partial charge in [-0.15, -0.1) is 11.8 Å². The zero-order chi connectivity index (χ0) is 25.5. The summed E-state index contributed by atoms with van der Waals surface area (Å²) in [6.07, 6.45) is -0.0112. The molecule has 0 aromatic heterocycles. The van der Waals surface area contributed by atoms with Crippen LogP contribution in [0.4, 0.5) is 0 Å². The van der Waals surface area contributed by atoms with Gasteiger partial charge in [-0.3, -0.25) is 10.1 Å². The average Bonchev–Trinajstić information content (AvgIpc) is 3.43. The van der Waals surface area contributed by atoms with E-state index in [9.17, 15) is 18.0 Å². The Bertz CT molecular complexity index is 1280. The van der Waals surface area contributed by atoms with Crippen LogP contribution in [0.2, 0.25) is 0 Å². The van der Waals surface area contributed by atoms with Crippen molar-refractivity contribution in [2.45, 2.75) is 36.3 Å². The number of thioether (sulfide) groups is 1. The lowest BCUT2D eigenvalue weighted by Crippen LogP contribution is -2.54. The Morgan fingerprint density at radius 1 is 0.972 bits per heavy atom. The number of sulfonamides is 1. The number of aryl methyl sites for hydroxylation is 1. The van der Waals surface area contributed by atoms with Crippen LogP contribution in [0.25, 0.3) is 0 Å². The van der Waals surface area contributed by atoms with Gasteiger partial charge in [0.1, 0.15) is 18.0 Å². The summed E-state index contributed by atoms with van der Waals surface area (Å²) in [5.74, 6) is -0.804. The number of amides is 1. The molecule has 9 heteroatoms. The Hall–Kier alpha value is -3.14. The molecule has 188 valence electrons. The molecule has 1 N–H and O–H groups in total. The molecule has 36 heavy (non-hydrogen) atoms. The van der Waals surface area contributed by atoms with Crippen LogP contribution in [0.3, 0.4) is 0 Å². The van der Waals surface area contributed by atoms with E-state index in [1.807, 2.05) is 43.3 Å². The highest BCUT2D eigenvalue weighted by atomic mass is 32.2. The van der Waals surface area contributed by atoms with E-state index in [0.717, 1.165) is 15.4 Å². The van der Waals surface area contributed by atoms with Crippen LogP contribution in [0.1, 0.15) is 16.7 Å². The van der Waals surface area contributed by atoms with Crippen molar-refractivity contribution in [2.75, 3.05) is 12.3 Å². The summed E-state index contributed by atoms with van der Waals surface area (Å²) < 4.78 is 34.1. The average molecular weight is 525 g/mol. The molecule has 0 radical (unpaired) electrons. The van der Waals surface area contributed by atoms with Crippen molar-refractivity contribution >= 4 is 33.7 Å². The molecule has 0 aliphatic carbocycles. The van der Waals surface area contributed by atoms with Crippen molar-refractivity contribution in [1.82, 2.24) is 9.62 Å². The minimum Gasteiger partial charge on any atom is -0.459 e. The molecule has 1 saturated heterocycles. The van der Waals surface area contributed by atoms with E-state index in [0.29, 0.717) is 17.9 Å². The monoisotopic (exact) mass is 524 g/mol. The van der Waals surface area contributed by atoms with E-state index in [1.165, 1.54) is 23.9 Å². The number of ether oxygens (including phenoxy) is 1. The van der Waals surface area contributed by atoms with E-state index in [4.69, 9.17) is 4.74 Å². The van der Waals surface area contributed by atoms with E-state index in [1.54, 1.807) is 36.4 Å². The summed E-state index contributed by atoms with van der Waals surface area (Å²) in [6.45, 7) is 2.38. The van der Waals surface area contributed by atoms with Crippen LogP contribution >= 0.6 is 11.8 Å². The van der Waals surface area contributed by atoms with Crippen molar-refractivity contribution in [2.24, 2.45) is 0 Å². The molecule has 7 nitrogen and oxygen atoms in total. The Balaban J connectivity index is 1.74. The predicted octanol–water partition coefficient (Wildman–Crippen LogP) is 3.53. The largest absolute Gasteiger partial charge is 0.459 e. The number of hydrogen-bond donors (Lipinski definition) is 1. The van der Waals surface area contributed by atoms with Crippen LogP contribution < -0.4 is 5.32 Å². The SMILES string of the molecule is Cc1ccc(S(=O)(=O)N(C(=O)[C@H]2NCCS2)[C@@H](Cc2ccccc2)C(=O)OCc2ccccc2)cc1. The normalized spacial score (nSPS) is 16.3. The Kier molecular flexibility index (Phi) is 8.45. The molecular formula is C27H28N2O5S2. The molecule has 1 aliphatic heterocycles. The molecule has 0 bridgehead atoms. The molecule has 3 aromatic carbocycles. The quantitative estimate of drug-likeness (QED) is 0.428. The Morgan fingerprint density at radius 3 is 2.17 bits per heavy atom. The molecular weight excluding hydrogens is 496 g/mol. The topological polar surface area (TPSA) is 92.8 Å². The van der Waals surface area contributed by atoms with Gasteiger partial charge < -0.3 is 4.74 Å². The van der Waals surface area contributed by atoms with Crippen LogP contribution in [-0.4, -0.2) is 48.3 Å². The number of benzene rings is 3. The fourth-order valence-corrected chi connectivity index (χ4v) is 6.46. The zero-order valence-corrected chi connectivity index (χ0v) is 21.5. The maximum atomic E-state index is 13.9. The van der Waals surface area contributed by atoms with Gasteiger partial charge in [0, 0.05) is 18.7 Å². The van der Waals surface area contributed by atoms with Crippen LogP contribution in [0, 0.1) is 6.92 Å². The highest BCUT2D eigenvalue weighted by Gasteiger charge is 2.44. The summed E-state index contributed by atoms with van der Waals surface area (Å²) >= 11 is 1.32. The number of nitrogens with zero attached hydrogens (tertiary/aromatic N) is 1. The van der Waals surface area contributed by atoms with Crippen molar-refractivity contribution < 1.29 is 22.7 Å². The third-order valence-electron chi connectivity index (χ3n) is 5.79. The summed E-state index contributed by atoms with van der Waals surface area (Å²) in [7, 11) is -4.37. The van der Waals surface area contributed by atoms with Crippen LogP contribution in [0.15, 0.2) is 89.8 Å². The first-order valence-corrected chi connectivity index (χ1v) is 14.1. The van der Waals surface area contributed by atoms with E-state index >= 15 is 0 Å². The summed E-state index contributed by atoms with van der Waals surface area (Å²) in [5.41, 5.74) is 2.35. The maximum absolute atomic E-state index is 13.9. The number of hydrogen-bond acceptors (Lipinski definition) is 7. The Labute approximate surface area is 215 Å². The molecule has 0 saturated carbocycles. The number of rotatable bonds is 9. The first-order chi connectivity index (χ1) is 17.4. The van der Waals surface area contributed by atoms with Crippen LogP contribution in [-0.2, 0) is 37.4 Å². The molecule has 1 heterocycles. The lowest BCUT2D eigenvalue weighted by molar-refractivity contribution is -0.152. The smallest absolute Gasteiger partial charge is 0.330 e. The minimum absolute atomic E-state index is 0.0112. The second kappa shape index (κ2) is 11.7. The first kappa shape index (κ1) is 25.9. The van der Waals surface area contributed by atoms with E-state index < -0.39 is 33.3 Å². The molecule has 0 unspecified atom stereocenters. The fraction of sp³-hybridized carbons (Fsp3) is 0.259. The van der Waals surface area contributed by atoms with E-state index in [-0.39, 0.29) is 17.9 Å². The molecule has 1 fully saturated rings. The maximum Gasteiger partial charge on any atom is 0.330 e. The molecule has 4 rings (SSSR count). The van der Waals surface area contributed by atoms with Crippen molar-refractivity contribution in [3.63, 3.8) is 0 Å². The van der Waals surface area contributed by atoms with Gasteiger partial charge in [-0.25, -0.2) is 17.5 Å². The molecule has 1 aliphatic rings. The molecule has 2 atom stereocenters. The fourth-order valence-electron chi connectivity index (χ4n) is 3.89. The van der Waals surface area contributed by atoms with Crippen LogP contribution in [0.5, 0.6) is 0 Å². The third-order valence-corrected chi connectivity index (χ3v) is 8.75. The van der Waals surface area contributed by atoms with Crippen molar-refractivity contribution in [1.29, 1.82) is 0 Å². The highest BCUT2D eigenvalue weighted by molar-refractivity contribution is 8.01. The number of nitrogens with one attached hydrogen (secondary N) is 1. The van der Waals surface area contributed by atoms with Gasteiger partial charge >= 0.3 is 5.97 Å². The van der Waals surface area contributed by atoms with Gasteiger partial charge in [0.05, 0.1) is 4.90 Å². The second-order valence-corrected chi connectivity index (χ2v) is 11.5. The third kappa shape index (κ3) is 6.16. The first-order valence-electron chi connectivity index (χ1n) is 11.6.